The molecule has 9 heteroatoms. The van der Waals surface area contributed by atoms with Crippen LogP contribution < -0.4 is 10.5 Å². The Bertz CT molecular complexity index is 713. The quantitative estimate of drug-likeness (QED) is 0.731. The number of rotatable bonds is 4. The molecule has 4 N–H and O–H groups in total. The highest BCUT2D eigenvalue weighted by Crippen LogP contribution is 2.18. The van der Waals surface area contributed by atoms with Crippen LogP contribution in [0.1, 0.15) is 5.56 Å². The van der Waals surface area contributed by atoms with E-state index in [1.807, 2.05) is 0 Å². The van der Waals surface area contributed by atoms with Crippen LogP contribution in [0.2, 0.25) is 0 Å². The number of aromatic amines is 1. The first kappa shape index (κ1) is 13.4. The van der Waals surface area contributed by atoms with E-state index in [0.29, 0.717) is 0 Å². The third kappa shape index (κ3) is 2.88. The van der Waals surface area contributed by atoms with Gasteiger partial charge in [0.25, 0.3) is 10.0 Å². The first-order valence-electron chi connectivity index (χ1n) is 5.01. The summed E-state index contributed by atoms with van der Waals surface area (Å²) in [7, 11) is -3.78. The van der Waals surface area contributed by atoms with Gasteiger partial charge in [-0.25, -0.2) is 12.8 Å². The molecule has 0 atom stereocenters. The summed E-state index contributed by atoms with van der Waals surface area (Å²) in [5, 5.41) is 5.94. The van der Waals surface area contributed by atoms with Crippen molar-refractivity contribution in [1.29, 1.82) is 0 Å². The summed E-state index contributed by atoms with van der Waals surface area (Å²) in [5.74, 6) is -0.612. The molecule has 1 aromatic carbocycles. The van der Waals surface area contributed by atoms with Gasteiger partial charge in [-0.3, -0.25) is 9.82 Å². The van der Waals surface area contributed by atoms with Crippen LogP contribution in [0.3, 0.4) is 0 Å². The molecule has 1 aromatic heterocycles. The molecule has 6 nitrogen and oxygen atoms in total. The number of halogens is 1. The van der Waals surface area contributed by atoms with Crippen LogP contribution in [0, 0.1) is 5.82 Å². The number of H-pyrrole nitrogens is 1. The van der Waals surface area contributed by atoms with Gasteiger partial charge in [0.1, 0.15) is 15.7 Å². The van der Waals surface area contributed by atoms with Crippen LogP contribution in [0.5, 0.6) is 0 Å². The third-order valence-corrected chi connectivity index (χ3v) is 3.84. The van der Waals surface area contributed by atoms with E-state index in [-0.39, 0.29) is 21.1 Å². The number of anilines is 1. The van der Waals surface area contributed by atoms with Crippen molar-refractivity contribution in [2.75, 3.05) is 4.72 Å². The lowest BCUT2D eigenvalue weighted by atomic mass is 10.2. The normalized spacial score (nSPS) is 11.2. The predicted octanol–water partition coefficient (Wildman–Crippen LogP) is 0.984. The van der Waals surface area contributed by atoms with Crippen LogP contribution in [-0.2, 0) is 10.0 Å². The zero-order valence-corrected chi connectivity index (χ0v) is 11.1. The standard InChI is InChI=1S/C10H9FN4O2S2/c11-9-2-1-6(3-8(9)10(12)18)15-19(16,17)7-4-13-14-5-7/h1-5,15H,(H2,12,18)(H,13,14). The van der Waals surface area contributed by atoms with Gasteiger partial charge in [-0.05, 0) is 18.2 Å². The highest BCUT2D eigenvalue weighted by atomic mass is 32.2. The maximum Gasteiger partial charge on any atom is 0.265 e. The fraction of sp³-hybridized carbons (Fsp3) is 0. The number of thiocarbonyl (C=S) groups is 1. The zero-order chi connectivity index (χ0) is 14.0. The Kier molecular flexibility index (Phi) is 3.49. The van der Waals surface area contributed by atoms with Gasteiger partial charge in [-0.15, -0.1) is 0 Å². The summed E-state index contributed by atoms with van der Waals surface area (Å²) in [6.07, 6.45) is 2.38. The first-order chi connectivity index (χ1) is 8.90. The Labute approximate surface area is 113 Å². The van der Waals surface area contributed by atoms with Gasteiger partial charge in [-0.2, -0.15) is 5.10 Å². The van der Waals surface area contributed by atoms with Crippen molar-refractivity contribution in [1.82, 2.24) is 10.2 Å². The summed E-state index contributed by atoms with van der Waals surface area (Å²) in [6, 6.07) is 3.59. The minimum Gasteiger partial charge on any atom is -0.389 e. The van der Waals surface area contributed by atoms with Crippen molar-refractivity contribution in [3.63, 3.8) is 0 Å². The van der Waals surface area contributed by atoms with E-state index < -0.39 is 15.8 Å². The fourth-order valence-corrected chi connectivity index (χ4v) is 2.49. The number of aromatic nitrogens is 2. The number of sulfonamides is 1. The molecular formula is C10H9FN4O2S2. The third-order valence-electron chi connectivity index (χ3n) is 2.27. The predicted molar refractivity (Wildman–Crippen MR) is 71.7 cm³/mol. The Morgan fingerprint density at radius 1 is 1.47 bits per heavy atom. The van der Waals surface area contributed by atoms with Crippen molar-refractivity contribution >= 4 is 32.9 Å². The molecule has 0 saturated carbocycles. The van der Waals surface area contributed by atoms with Gasteiger partial charge in [0.05, 0.1) is 6.20 Å². The number of benzene rings is 1. The topological polar surface area (TPSA) is 101 Å². The Morgan fingerprint density at radius 3 is 2.79 bits per heavy atom. The molecule has 0 aliphatic rings. The van der Waals surface area contributed by atoms with E-state index in [1.54, 1.807) is 0 Å². The van der Waals surface area contributed by atoms with Gasteiger partial charge >= 0.3 is 0 Å². The van der Waals surface area contributed by atoms with Crippen LogP contribution in [0.4, 0.5) is 10.1 Å². The molecule has 0 fully saturated rings. The Morgan fingerprint density at radius 2 is 2.21 bits per heavy atom. The number of nitrogens with two attached hydrogens (primary N) is 1. The van der Waals surface area contributed by atoms with Crippen LogP contribution in [-0.4, -0.2) is 23.6 Å². The van der Waals surface area contributed by atoms with Gasteiger partial charge in [0.2, 0.25) is 0 Å². The SMILES string of the molecule is NC(=S)c1cc(NS(=O)(=O)c2cn[nH]c2)ccc1F. The lowest BCUT2D eigenvalue weighted by Gasteiger charge is -2.08. The van der Waals surface area contributed by atoms with E-state index in [9.17, 15) is 12.8 Å². The first-order valence-corrected chi connectivity index (χ1v) is 6.90. The molecule has 19 heavy (non-hydrogen) atoms. The molecule has 1 heterocycles. The van der Waals surface area contributed by atoms with E-state index >= 15 is 0 Å². The lowest BCUT2D eigenvalue weighted by molar-refractivity contribution is 0.601. The van der Waals surface area contributed by atoms with Gasteiger partial charge in [0.15, 0.2) is 0 Å². The molecular weight excluding hydrogens is 291 g/mol. The molecule has 100 valence electrons. The lowest BCUT2D eigenvalue weighted by Crippen LogP contribution is -2.15. The van der Waals surface area contributed by atoms with Crippen molar-refractivity contribution < 1.29 is 12.8 Å². The number of hydrogen-bond acceptors (Lipinski definition) is 4. The maximum atomic E-state index is 13.4. The Hall–Kier alpha value is -2.00. The molecule has 0 aliphatic carbocycles. The van der Waals surface area contributed by atoms with Crippen molar-refractivity contribution in [3.05, 3.63) is 42.0 Å². The molecule has 2 rings (SSSR count). The highest BCUT2D eigenvalue weighted by molar-refractivity contribution is 7.92. The molecule has 0 bridgehead atoms. The van der Waals surface area contributed by atoms with Gasteiger partial charge < -0.3 is 5.73 Å². The number of nitrogens with zero attached hydrogens (tertiary/aromatic N) is 1. The summed E-state index contributed by atoms with van der Waals surface area (Å²) >= 11 is 4.68. The van der Waals surface area contributed by atoms with Gasteiger partial charge in [-0.1, -0.05) is 12.2 Å². The summed E-state index contributed by atoms with van der Waals surface area (Å²) in [5.41, 5.74) is 5.47. The molecule has 2 aromatic rings. The fourth-order valence-electron chi connectivity index (χ4n) is 1.38. The monoisotopic (exact) mass is 300 g/mol. The van der Waals surface area contributed by atoms with E-state index in [0.717, 1.165) is 12.3 Å². The van der Waals surface area contributed by atoms with Crippen LogP contribution in [0.15, 0.2) is 35.5 Å². The van der Waals surface area contributed by atoms with Crippen LogP contribution in [0.25, 0.3) is 0 Å². The summed E-state index contributed by atoms with van der Waals surface area (Å²) in [6.45, 7) is 0. The second-order valence-corrected chi connectivity index (χ2v) is 5.72. The zero-order valence-electron chi connectivity index (χ0n) is 9.42. The highest BCUT2D eigenvalue weighted by Gasteiger charge is 2.16. The van der Waals surface area contributed by atoms with E-state index in [2.05, 4.69) is 27.1 Å². The van der Waals surface area contributed by atoms with Crippen molar-refractivity contribution in [2.24, 2.45) is 5.73 Å². The number of nitrogens with one attached hydrogen (secondary N) is 2. The van der Waals surface area contributed by atoms with E-state index in [1.165, 1.54) is 18.3 Å². The molecule has 0 spiro atoms. The van der Waals surface area contributed by atoms with Crippen molar-refractivity contribution in [3.8, 4) is 0 Å². The number of hydrogen-bond donors (Lipinski definition) is 3. The largest absolute Gasteiger partial charge is 0.389 e. The van der Waals surface area contributed by atoms with Gasteiger partial charge in [0, 0.05) is 17.4 Å². The minimum atomic E-state index is -3.78. The average molecular weight is 300 g/mol. The smallest absolute Gasteiger partial charge is 0.265 e. The molecule has 0 amide bonds. The maximum absolute atomic E-state index is 13.4. The van der Waals surface area contributed by atoms with Crippen LogP contribution >= 0.6 is 12.2 Å². The Balaban J connectivity index is 2.35. The average Bonchev–Trinajstić information content (AvgIpc) is 2.85. The molecule has 0 saturated heterocycles. The second-order valence-electron chi connectivity index (χ2n) is 3.60. The van der Waals surface area contributed by atoms with Crippen molar-refractivity contribution in [2.45, 2.75) is 4.90 Å². The summed E-state index contributed by atoms with van der Waals surface area (Å²) in [4.78, 5) is -0.185. The minimum absolute atomic E-state index is 0.0256. The molecule has 0 unspecified atom stereocenters. The second kappa shape index (κ2) is 4.94. The molecule has 0 radical (unpaired) electrons. The van der Waals surface area contributed by atoms with E-state index in [4.69, 9.17) is 5.73 Å². The summed E-state index contributed by atoms with van der Waals surface area (Å²) < 4.78 is 39.4. The molecule has 0 aliphatic heterocycles.